The van der Waals surface area contributed by atoms with Gasteiger partial charge in [0.2, 0.25) is 11.1 Å². The molecule has 0 spiro atoms. The van der Waals surface area contributed by atoms with Crippen LogP contribution in [0.5, 0.6) is 5.75 Å². The third-order valence-corrected chi connectivity index (χ3v) is 6.78. The highest BCUT2D eigenvalue weighted by atomic mass is 32.2. The lowest BCUT2D eigenvalue weighted by Crippen LogP contribution is -2.60. The number of anilines is 1. The Hall–Kier alpha value is -3.13. The molecule has 1 aliphatic rings. The molecular weight excluding hydrogens is 448 g/mol. The molecule has 4 rings (SSSR count). The van der Waals surface area contributed by atoms with Gasteiger partial charge >= 0.3 is 11.3 Å². The lowest BCUT2D eigenvalue weighted by atomic mass is 10.0. The van der Waals surface area contributed by atoms with Crippen molar-refractivity contribution in [3.05, 3.63) is 64.4 Å². The van der Waals surface area contributed by atoms with Crippen LogP contribution in [0, 0.1) is 0 Å². The first-order valence-corrected chi connectivity index (χ1v) is 12.8. The maximum Gasteiger partial charge on any atom is 0.325 e. The van der Waals surface area contributed by atoms with Crippen molar-refractivity contribution in [2.45, 2.75) is 57.8 Å². The van der Waals surface area contributed by atoms with Gasteiger partial charge in [-0.2, -0.15) is 0 Å². The molecule has 8 heteroatoms. The van der Waals surface area contributed by atoms with E-state index in [0.717, 1.165) is 24.2 Å². The zero-order valence-electron chi connectivity index (χ0n) is 19.9. The van der Waals surface area contributed by atoms with Crippen molar-refractivity contribution in [3.8, 4) is 17.0 Å². The summed E-state index contributed by atoms with van der Waals surface area (Å²) in [5.41, 5.74) is 2.34. The number of fused-ring (bicyclic) bond motifs is 3. The van der Waals surface area contributed by atoms with Crippen molar-refractivity contribution in [3.63, 3.8) is 0 Å². The van der Waals surface area contributed by atoms with Gasteiger partial charge in [-0.1, -0.05) is 62.2 Å². The van der Waals surface area contributed by atoms with Gasteiger partial charge in [0.1, 0.15) is 5.75 Å². The number of hydrogen-bond acceptors (Lipinski definition) is 5. The minimum atomic E-state index is -0.646. The molecule has 1 atom stereocenters. The third kappa shape index (κ3) is 4.73. The number of benzene rings is 2. The van der Waals surface area contributed by atoms with Crippen molar-refractivity contribution in [1.82, 2.24) is 10.1 Å². The summed E-state index contributed by atoms with van der Waals surface area (Å²) in [6.45, 7) is 6.13. The molecular formula is C26H31N4O3S+. The number of amides is 1. The van der Waals surface area contributed by atoms with E-state index in [4.69, 9.17) is 9.84 Å². The molecule has 1 aliphatic heterocycles. The van der Waals surface area contributed by atoms with Crippen molar-refractivity contribution >= 4 is 23.4 Å². The Morgan fingerprint density at radius 3 is 2.65 bits per heavy atom. The number of unbranched alkanes of at least 4 members (excludes halogenated alkanes) is 3. The molecule has 0 bridgehead atoms. The molecule has 1 N–H and O–H groups in total. The molecule has 34 heavy (non-hydrogen) atoms. The first-order chi connectivity index (χ1) is 16.6. The monoisotopic (exact) mass is 479 g/mol. The van der Waals surface area contributed by atoms with Crippen LogP contribution in [0.3, 0.4) is 0 Å². The van der Waals surface area contributed by atoms with E-state index in [0.29, 0.717) is 34.5 Å². The number of thioether (sulfide) groups is 1. The lowest BCUT2D eigenvalue weighted by molar-refractivity contribution is -0.763. The fourth-order valence-electron chi connectivity index (χ4n) is 4.34. The van der Waals surface area contributed by atoms with E-state index in [1.165, 1.54) is 31.5 Å². The van der Waals surface area contributed by atoms with Gasteiger partial charge in [0, 0.05) is 17.8 Å². The lowest BCUT2D eigenvalue weighted by Gasteiger charge is -2.31. The molecule has 2 heterocycles. The van der Waals surface area contributed by atoms with Crippen LogP contribution in [-0.2, 0) is 4.79 Å². The van der Waals surface area contributed by atoms with E-state index in [9.17, 15) is 9.59 Å². The summed E-state index contributed by atoms with van der Waals surface area (Å²) in [6.07, 6.45) is 3.94. The van der Waals surface area contributed by atoms with Gasteiger partial charge in [0.25, 0.3) is 6.17 Å². The average molecular weight is 480 g/mol. The smallest absolute Gasteiger partial charge is 0.325 e. The number of aromatic nitrogens is 3. The van der Waals surface area contributed by atoms with E-state index in [2.05, 4.69) is 11.9 Å². The Morgan fingerprint density at radius 2 is 1.88 bits per heavy atom. The fraction of sp³-hybridized carbons (Fsp3) is 0.385. The highest BCUT2D eigenvalue weighted by Gasteiger charge is 2.46. The van der Waals surface area contributed by atoms with Gasteiger partial charge in [-0.3, -0.25) is 14.6 Å². The predicted molar refractivity (Wildman–Crippen MR) is 134 cm³/mol. The molecule has 3 aromatic rings. The minimum Gasteiger partial charge on any atom is -0.493 e. The summed E-state index contributed by atoms with van der Waals surface area (Å²) in [7, 11) is 0. The number of hydrogen-bond donors (Lipinski definition) is 1. The molecule has 0 fully saturated rings. The van der Waals surface area contributed by atoms with Gasteiger partial charge in [-0.25, -0.2) is 4.90 Å². The summed E-state index contributed by atoms with van der Waals surface area (Å²) in [5, 5.41) is 5.41. The number of rotatable bonds is 9. The number of nitrogens with one attached hydrogen (secondary N) is 1. The van der Waals surface area contributed by atoms with Crippen LogP contribution < -0.4 is 19.9 Å². The highest BCUT2D eigenvalue weighted by molar-refractivity contribution is 7.99. The third-order valence-electron chi connectivity index (χ3n) is 5.83. The summed E-state index contributed by atoms with van der Waals surface area (Å²) in [5.74, 6) is 1.39. The molecule has 0 unspecified atom stereocenters. The molecule has 0 saturated heterocycles. The van der Waals surface area contributed by atoms with Gasteiger partial charge in [-0.05, 0) is 42.3 Å². The van der Waals surface area contributed by atoms with Gasteiger partial charge < -0.3 is 4.74 Å². The van der Waals surface area contributed by atoms with Crippen LogP contribution >= 0.6 is 11.8 Å². The summed E-state index contributed by atoms with van der Waals surface area (Å²) >= 11 is 1.54. The van der Waals surface area contributed by atoms with Crippen molar-refractivity contribution in [2.75, 3.05) is 17.3 Å². The number of carbonyl (C=O) groups is 1. The molecule has 178 valence electrons. The Labute approximate surface area is 204 Å². The maximum atomic E-state index is 13.4. The Bertz CT molecular complexity index is 1230. The molecule has 1 aromatic heterocycles. The number of aromatic amines is 1. The summed E-state index contributed by atoms with van der Waals surface area (Å²) in [6, 6.07) is 15.1. The normalized spacial score (nSPS) is 14.4. The molecule has 7 nitrogen and oxygen atoms in total. The number of para-hydroxylation sites is 2. The zero-order valence-corrected chi connectivity index (χ0v) is 20.7. The average Bonchev–Trinajstić information content (AvgIpc) is 2.83. The van der Waals surface area contributed by atoms with E-state index in [1.807, 2.05) is 55.5 Å². The second-order valence-corrected chi connectivity index (χ2v) is 9.30. The number of ether oxygens (including phenoxy) is 1. The molecule has 0 radical (unpaired) electrons. The highest BCUT2D eigenvalue weighted by Crippen LogP contribution is 2.39. The van der Waals surface area contributed by atoms with Crippen LogP contribution in [-0.4, -0.2) is 28.3 Å². The largest absolute Gasteiger partial charge is 0.493 e. The first kappa shape index (κ1) is 24.0. The quantitative estimate of drug-likeness (QED) is 0.273. The summed E-state index contributed by atoms with van der Waals surface area (Å²) in [4.78, 5) is 31.1. The van der Waals surface area contributed by atoms with Crippen LogP contribution in [0.15, 0.2) is 58.5 Å². The Balaban J connectivity index is 1.88. The molecule has 1 amide bonds. The van der Waals surface area contributed by atoms with E-state index < -0.39 is 6.17 Å². The van der Waals surface area contributed by atoms with Crippen LogP contribution in [0.4, 0.5) is 5.69 Å². The van der Waals surface area contributed by atoms with Gasteiger partial charge in [0.05, 0.1) is 23.4 Å². The van der Waals surface area contributed by atoms with Gasteiger partial charge in [0.15, 0.2) is 0 Å². The number of H-pyrrole nitrogens is 1. The fourth-order valence-corrected chi connectivity index (χ4v) is 5.19. The zero-order chi connectivity index (χ0) is 24.1. The summed E-state index contributed by atoms with van der Waals surface area (Å²) < 4.78 is 7.60. The van der Waals surface area contributed by atoms with E-state index in [-0.39, 0.29) is 11.5 Å². The SMILES string of the molecule is CCCCCCSc1n[n+]2c(c(=O)[nH]1)-c1ccccc1N(C(C)=O)[C@@H]2c1ccccc1OCC. The maximum absolute atomic E-state index is 13.4. The predicted octanol–water partition coefficient (Wildman–Crippen LogP) is 4.71. The van der Waals surface area contributed by atoms with Crippen molar-refractivity contribution < 1.29 is 14.2 Å². The van der Waals surface area contributed by atoms with Crippen LogP contribution in [0.2, 0.25) is 0 Å². The van der Waals surface area contributed by atoms with Gasteiger partial charge in [-0.15, -0.1) is 0 Å². The van der Waals surface area contributed by atoms with Crippen LogP contribution in [0.25, 0.3) is 11.3 Å². The first-order valence-electron chi connectivity index (χ1n) is 11.9. The van der Waals surface area contributed by atoms with Crippen molar-refractivity contribution in [2.24, 2.45) is 0 Å². The number of nitrogens with zero attached hydrogens (tertiary/aromatic N) is 3. The standard InChI is InChI=1S/C26H30N4O3S/c1-4-6-7-12-17-34-26-27-24(32)23-19-13-8-10-15-21(19)29(18(3)31)25(30(23)28-26)20-14-9-11-16-22(20)33-5-2/h8-11,13-16,25H,4-7,12,17H2,1-3H3/p+1/t25-/m0/s1. The second-order valence-electron chi connectivity index (χ2n) is 8.21. The van der Waals surface area contributed by atoms with Crippen molar-refractivity contribution in [1.29, 1.82) is 0 Å². The molecule has 2 aromatic carbocycles. The Morgan fingerprint density at radius 1 is 1.12 bits per heavy atom. The molecule has 0 saturated carbocycles. The second kappa shape index (κ2) is 10.9. The number of carbonyl (C=O) groups excluding carboxylic acids is 1. The molecule has 0 aliphatic carbocycles. The van der Waals surface area contributed by atoms with E-state index >= 15 is 0 Å². The van der Waals surface area contributed by atoms with E-state index in [1.54, 1.807) is 9.58 Å². The van der Waals surface area contributed by atoms with Crippen LogP contribution in [0.1, 0.15) is 58.2 Å². The Kier molecular flexibility index (Phi) is 7.67. The minimum absolute atomic E-state index is 0.141. The topological polar surface area (TPSA) is 79.2 Å².